The van der Waals surface area contributed by atoms with Gasteiger partial charge in [-0.15, -0.1) is 0 Å². The van der Waals surface area contributed by atoms with Crippen LogP contribution in [0.25, 0.3) is 6.08 Å². The molecular weight excluding hydrogens is 490 g/mol. The van der Waals surface area contributed by atoms with Gasteiger partial charge in [-0.05, 0) is 61.7 Å². The molecule has 194 valence electrons. The topological polar surface area (TPSA) is 88.2 Å². The number of carbonyl (C=O) groups excluding carboxylic acids is 1. The van der Waals surface area contributed by atoms with E-state index in [0.29, 0.717) is 36.7 Å². The Hall–Kier alpha value is -3.72. The molecule has 1 amide bonds. The maximum Gasteiger partial charge on any atom is 0.262 e. The monoisotopic (exact) mass is 521 g/mol. The number of piperazine rings is 1. The van der Waals surface area contributed by atoms with Gasteiger partial charge in [0.05, 0.1) is 24.3 Å². The van der Waals surface area contributed by atoms with Crippen molar-refractivity contribution in [2.45, 2.75) is 24.2 Å². The van der Waals surface area contributed by atoms with Crippen LogP contribution in [0.15, 0.2) is 77.0 Å². The number of benzene rings is 2. The van der Waals surface area contributed by atoms with Crippen LogP contribution in [0.2, 0.25) is 0 Å². The SMILES string of the molecule is COC1=CCCC=C1N1CCN(C(=O)c2ccc(NS(=O)(=O)c3ccc4c(c3)OCCC=C4)cc2)CC1. The third kappa shape index (κ3) is 5.51. The van der Waals surface area contributed by atoms with Crippen LogP contribution in [0.4, 0.5) is 5.69 Å². The lowest BCUT2D eigenvalue weighted by Gasteiger charge is -2.38. The van der Waals surface area contributed by atoms with Crippen molar-refractivity contribution in [1.29, 1.82) is 0 Å². The van der Waals surface area contributed by atoms with Crippen LogP contribution in [0.5, 0.6) is 5.75 Å². The van der Waals surface area contributed by atoms with Crippen LogP contribution in [-0.2, 0) is 14.8 Å². The Kier molecular flexibility index (Phi) is 7.23. The summed E-state index contributed by atoms with van der Waals surface area (Å²) >= 11 is 0. The number of amides is 1. The molecule has 37 heavy (non-hydrogen) atoms. The van der Waals surface area contributed by atoms with E-state index in [-0.39, 0.29) is 10.8 Å². The Morgan fingerprint density at radius 2 is 1.73 bits per heavy atom. The number of hydrogen-bond acceptors (Lipinski definition) is 6. The summed E-state index contributed by atoms with van der Waals surface area (Å²) in [5, 5.41) is 0. The summed E-state index contributed by atoms with van der Waals surface area (Å²) < 4.78 is 39.7. The zero-order valence-electron chi connectivity index (χ0n) is 20.9. The van der Waals surface area contributed by atoms with E-state index in [1.165, 1.54) is 0 Å². The fourth-order valence-electron chi connectivity index (χ4n) is 4.73. The molecule has 5 rings (SSSR count). The number of nitrogens with zero attached hydrogens (tertiary/aromatic N) is 2. The molecule has 3 aliphatic rings. The molecule has 2 aromatic carbocycles. The van der Waals surface area contributed by atoms with Crippen molar-refractivity contribution in [1.82, 2.24) is 9.80 Å². The second-order valence-electron chi connectivity index (χ2n) is 9.14. The number of ether oxygens (including phenoxy) is 2. The van der Waals surface area contributed by atoms with Gasteiger partial charge in [0.1, 0.15) is 11.5 Å². The molecule has 0 saturated carbocycles. The molecule has 1 fully saturated rings. The molecule has 2 aliphatic heterocycles. The Labute approximate surface area is 217 Å². The Morgan fingerprint density at radius 3 is 2.49 bits per heavy atom. The van der Waals surface area contributed by atoms with Crippen molar-refractivity contribution in [2.75, 3.05) is 44.6 Å². The molecule has 1 N–H and O–H groups in total. The van der Waals surface area contributed by atoms with Gasteiger partial charge in [0, 0.05) is 49.1 Å². The van der Waals surface area contributed by atoms with Gasteiger partial charge in [-0.2, -0.15) is 0 Å². The third-order valence-electron chi connectivity index (χ3n) is 6.73. The highest BCUT2D eigenvalue weighted by Gasteiger charge is 2.26. The summed E-state index contributed by atoms with van der Waals surface area (Å²) in [6.07, 6.45) is 11.0. The largest absolute Gasteiger partial charge is 0.495 e. The predicted octanol–water partition coefficient (Wildman–Crippen LogP) is 4.25. The molecular formula is C28H31N3O5S. The molecule has 0 atom stereocenters. The molecule has 2 aromatic rings. The van der Waals surface area contributed by atoms with Gasteiger partial charge in [-0.1, -0.05) is 18.2 Å². The van der Waals surface area contributed by atoms with E-state index < -0.39 is 10.0 Å². The zero-order valence-corrected chi connectivity index (χ0v) is 21.7. The zero-order chi connectivity index (χ0) is 25.8. The van der Waals surface area contributed by atoms with Crippen LogP contribution < -0.4 is 9.46 Å². The fraction of sp³-hybridized carbons (Fsp3) is 0.321. The Bertz CT molecular complexity index is 1350. The van der Waals surface area contributed by atoms with Crippen LogP contribution in [0, 0.1) is 0 Å². The summed E-state index contributed by atoms with van der Waals surface area (Å²) in [6.45, 7) is 3.19. The highest BCUT2D eigenvalue weighted by Crippen LogP contribution is 2.28. The number of allylic oxidation sites excluding steroid dienone is 2. The Morgan fingerprint density at radius 1 is 0.973 bits per heavy atom. The van der Waals surface area contributed by atoms with Gasteiger partial charge < -0.3 is 19.3 Å². The number of sulfonamides is 1. The Balaban J connectivity index is 1.21. The molecule has 0 spiro atoms. The average molecular weight is 522 g/mol. The maximum atomic E-state index is 13.1. The summed E-state index contributed by atoms with van der Waals surface area (Å²) in [4.78, 5) is 17.3. The lowest BCUT2D eigenvalue weighted by molar-refractivity contribution is 0.0664. The van der Waals surface area contributed by atoms with Crippen molar-refractivity contribution in [3.05, 3.63) is 83.3 Å². The van der Waals surface area contributed by atoms with E-state index in [0.717, 1.165) is 49.4 Å². The van der Waals surface area contributed by atoms with Gasteiger partial charge in [0.25, 0.3) is 15.9 Å². The predicted molar refractivity (Wildman–Crippen MR) is 143 cm³/mol. The smallest absolute Gasteiger partial charge is 0.262 e. The molecule has 0 aromatic heterocycles. The second kappa shape index (κ2) is 10.7. The van der Waals surface area contributed by atoms with Crippen LogP contribution in [-0.4, -0.2) is 64.0 Å². The first-order chi connectivity index (χ1) is 17.9. The van der Waals surface area contributed by atoms with Crippen molar-refractivity contribution in [3.8, 4) is 5.75 Å². The number of anilines is 1. The van der Waals surface area contributed by atoms with Gasteiger partial charge in [0.2, 0.25) is 0 Å². The van der Waals surface area contributed by atoms with E-state index in [2.05, 4.69) is 21.8 Å². The average Bonchev–Trinajstić information content (AvgIpc) is 3.18. The van der Waals surface area contributed by atoms with Crippen molar-refractivity contribution in [2.24, 2.45) is 0 Å². The molecule has 0 radical (unpaired) electrons. The minimum atomic E-state index is -3.81. The molecule has 2 heterocycles. The molecule has 9 heteroatoms. The van der Waals surface area contributed by atoms with E-state index in [4.69, 9.17) is 9.47 Å². The number of fused-ring (bicyclic) bond motifs is 1. The summed E-state index contributed by atoms with van der Waals surface area (Å²) in [7, 11) is -2.12. The van der Waals surface area contributed by atoms with Crippen molar-refractivity contribution >= 4 is 27.7 Å². The van der Waals surface area contributed by atoms with Gasteiger partial charge in [-0.3, -0.25) is 9.52 Å². The number of nitrogens with one attached hydrogen (secondary N) is 1. The summed E-state index contributed by atoms with van der Waals surface area (Å²) in [6, 6.07) is 11.4. The lowest BCUT2D eigenvalue weighted by Crippen LogP contribution is -2.48. The minimum absolute atomic E-state index is 0.0647. The van der Waals surface area contributed by atoms with Crippen LogP contribution >= 0.6 is 0 Å². The third-order valence-corrected chi connectivity index (χ3v) is 8.11. The standard InChI is InChI=1S/C28H31N3O5S/c1-35-26-8-3-2-7-25(26)30-15-17-31(18-16-30)28(32)22-9-12-23(13-10-22)29-37(33,34)24-14-11-21-6-4-5-19-36-27(21)20-24/h4,6-14,20,29H,2-3,5,15-19H2,1H3. The first kappa shape index (κ1) is 25.0. The minimum Gasteiger partial charge on any atom is -0.495 e. The van der Waals surface area contributed by atoms with Gasteiger partial charge >= 0.3 is 0 Å². The summed E-state index contributed by atoms with van der Waals surface area (Å²) in [5.74, 6) is 1.39. The molecule has 8 nitrogen and oxygen atoms in total. The van der Waals surface area contributed by atoms with Crippen molar-refractivity contribution in [3.63, 3.8) is 0 Å². The summed E-state index contributed by atoms with van der Waals surface area (Å²) in [5.41, 5.74) is 2.87. The van der Waals surface area contributed by atoms with Gasteiger partial charge in [0.15, 0.2) is 0 Å². The quantitative estimate of drug-likeness (QED) is 0.612. The first-order valence-electron chi connectivity index (χ1n) is 12.5. The molecule has 1 aliphatic carbocycles. The highest BCUT2D eigenvalue weighted by atomic mass is 32.2. The molecule has 1 saturated heterocycles. The van der Waals surface area contributed by atoms with E-state index >= 15 is 0 Å². The number of hydrogen-bond donors (Lipinski definition) is 1. The second-order valence-corrected chi connectivity index (χ2v) is 10.8. The van der Waals surface area contributed by atoms with Gasteiger partial charge in [-0.25, -0.2) is 8.42 Å². The first-order valence-corrected chi connectivity index (χ1v) is 14.0. The molecule has 0 bridgehead atoms. The van der Waals surface area contributed by atoms with E-state index in [1.54, 1.807) is 49.6 Å². The fourth-order valence-corrected chi connectivity index (χ4v) is 5.81. The van der Waals surface area contributed by atoms with E-state index in [1.807, 2.05) is 17.1 Å². The number of rotatable bonds is 6. The van der Waals surface area contributed by atoms with E-state index in [9.17, 15) is 13.2 Å². The number of methoxy groups -OCH3 is 1. The molecule has 0 unspecified atom stereocenters. The van der Waals surface area contributed by atoms with Crippen molar-refractivity contribution < 1.29 is 22.7 Å². The number of carbonyl (C=O) groups is 1. The van der Waals surface area contributed by atoms with Crippen LogP contribution in [0.3, 0.4) is 0 Å². The maximum absolute atomic E-state index is 13.1. The highest BCUT2D eigenvalue weighted by molar-refractivity contribution is 7.92. The normalized spacial score (nSPS) is 17.6. The lowest BCUT2D eigenvalue weighted by atomic mass is 10.1. The van der Waals surface area contributed by atoms with Crippen LogP contribution in [0.1, 0.15) is 35.2 Å².